The van der Waals surface area contributed by atoms with Gasteiger partial charge in [0.05, 0.1) is 0 Å². The zero-order valence-electron chi connectivity index (χ0n) is 7.42. The smallest absolute Gasteiger partial charge is 0.0472 e. The molecule has 0 aromatic carbocycles. The Morgan fingerprint density at radius 2 is 2.08 bits per heavy atom. The molecular formula is C9H17NOS. The molecule has 2 aliphatic rings. The summed E-state index contributed by atoms with van der Waals surface area (Å²) in [6.45, 7) is 1.85. The van der Waals surface area contributed by atoms with Gasteiger partial charge >= 0.3 is 0 Å². The zero-order valence-corrected chi connectivity index (χ0v) is 8.24. The number of nitrogens with two attached hydrogens (primary N) is 1. The summed E-state index contributed by atoms with van der Waals surface area (Å²) in [6.07, 6.45) is 3.56. The summed E-state index contributed by atoms with van der Waals surface area (Å²) in [5.74, 6) is 2.52. The fraction of sp³-hybridized carbons (Fsp3) is 1.00. The monoisotopic (exact) mass is 187 g/mol. The summed E-state index contributed by atoms with van der Waals surface area (Å²) in [5, 5.41) is 0. The van der Waals surface area contributed by atoms with Crippen LogP contribution in [0.4, 0.5) is 0 Å². The third-order valence-corrected chi connectivity index (χ3v) is 4.54. The second kappa shape index (κ2) is 3.56. The maximum absolute atomic E-state index is 6.18. The molecule has 1 unspecified atom stereocenters. The number of hydrogen-bond acceptors (Lipinski definition) is 3. The van der Waals surface area contributed by atoms with Crippen LogP contribution in [0, 0.1) is 5.41 Å². The maximum atomic E-state index is 6.18. The van der Waals surface area contributed by atoms with E-state index in [1.807, 2.05) is 0 Å². The topological polar surface area (TPSA) is 35.2 Å². The lowest BCUT2D eigenvalue weighted by atomic mass is 9.74. The number of rotatable bonds is 0. The van der Waals surface area contributed by atoms with Gasteiger partial charge in [-0.3, -0.25) is 0 Å². The van der Waals surface area contributed by atoms with Gasteiger partial charge in [0.1, 0.15) is 0 Å². The van der Waals surface area contributed by atoms with Crippen LogP contribution < -0.4 is 5.73 Å². The van der Waals surface area contributed by atoms with Gasteiger partial charge in [-0.05, 0) is 30.4 Å². The van der Waals surface area contributed by atoms with E-state index in [1.165, 1.54) is 30.8 Å². The Morgan fingerprint density at radius 3 is 2.75 bits per heavy atom. The molecule has 0 bridgehead atoms. The van der Waals surface area contributed by atoms with E-state index < -0.39 is 0 Å². The summed E-state index contributed by atoms with van der Waals surface area (Å²) in [7, 11) is 0. The first-order valence-electron chi connectivity index (χ1n) is 4.75. The van der Waals surface area contributed by atoms with E-state index in [1.54, 1.807) is 0 Å². The molecule has 0 radical (unpaired) electrons. The van der Waals surface area contributed by atoms with Gasteiger partial charge in [0, 0.05) is 25.0 Å². The minimum absolute atomic E-state index is 0.432. The highest BCUT2D eigenvalue weighted by atomic mass is 32.2. The van der Waals surface area contributed by atoms with Crippen molar-refractivity contribution in [2.45, 2.75) is 25.3 Å². The lowest BCUT2D eigenvalue weighted by Crippen LogP contribution is -2.49. The van der Waals surface area contributed by atoms with Crippen LogP contribution in [-0.2, 0) is 4.74 Å². The molecule has 0 aliphatic carbocycles. The molecule has 12 heavy (non-hydrogen) atoms. The van der Waals surface area contributed by atoms with Crippen molar-refractivity contribution < 1.29 is 4.74 Å². The molecule has 0 aromatic rings. The van der Waals surface area contributed by atoms with Gasteiger partial charge in [0.25, 0.3) is 0 Å². The molecule has 2 fully saturated rings. The van der Waals surface area contributed by atoms with Crippen molar-refractivity contribution >= 4 is 11.8 Å². The van der Waals surface area contributed by atoms with Crippen LogP contribution >= 0.6 is 11.8 Å². The Labute approximate surface area is 78.2 Å². The zero-order chi connectivity index (χ0) is 8.44. The van der Waals surface area contributed by atoms with E-state index in [4.69, 9.17) is 10.5 Å². The summed E-state index contributed by atoms with van der Waals surface area (Å²) >= 11 is 2.07. The minimum atomic E-state index is 0.432. The number of ether oxygens (including phenoxy) is 1. The number of hydrogen-bond donors (Lipinski definition) is 1. The van der Waals surface area contributed by atoms with Crippen LogP contribution in [0.25, 0.3) is 0 Å². The van der Waals surface area contributed by atoms with E-state index in [2.05, 4.69) is 11.8 Å². The Bertz CT molecular complexity index is 148. The van der Waals surface area contributed by atoms with Gasteiger partial charge in [-0.2, -0.15) is 11.8 Å². The summed E-state index contributed by atoms with van der Waals surface area (Å²) in [6, 6.07) is 0.433. The lowest BCUT2D eigenvalue weighted by Gasteiger charge is -2.44. The van der Waals surface area contributed by atoms with Crippen LogP contribution in [0.15, 0.2) is 0 Å². The predicted octanol–water partition coefficient (Wildman–Crippen LogP) is 1.25. The molecule has 2 heterocycles. The fourth-order valence-electron chi connectivity index (χ4n) is 2.19. The van der Waals surface area contributed by atoms with Crippen molar-refractivity contribution in [2.24, 2.45) is 11.1 Å². The largest absolute Gasteiger partial charge is 0.381 e. The van der Waals surface area contributed by atoms with E-state index in [9.17, 15) is 0 Å². The van der Waals surface area contributed by atoms with Gasteiger partial charge in [0.2, 0.25) is 0 Å². The predicted molar refractivity (Wildman–Crippen MR) is 52.4 cm³/mol. The third-order valence-electron chi connectivity index (χ3n) is 3.24. The second-order valence-electron chi connectivity index (χ2n) is 3.92. The maximum Gasteiger partial charge on any atom is 0.0472 e. The molecular weight excluding hydrogens is 170 g/mol. The first-order valence-corrected chi connectivity index (χ1v) is 5.90. The van der Waals surface area contributed by atoms with Crippen LogP contribution in [0.1, 0.15) is 19.3 Å². The minimum Gasteiger partial charge on any atom is -0.381 e. The molecule has 2 rings (SSSR count). The summed E-state index contributed by atoms with van der Waals surface area (Å²) in [4.78, 5) is 0. The van der Waals surface area contributed by atoms with Crippen molar-refractivity contribution in [1.29, 1.82) is 0 Å². The molecule has 3 heteroatoms. The molecule has 70 valence electrons. The highest BCUT2D eigenvalue weighted by Crippen LogP contribution is 2.41. The van der Waals surface area contributed by atoms with Crippen molar-refractivity contribution in [3.63, 3.8) is 0 Å². The molecule has 2 saturated heterocycles. The van der Waals surface area contributed by atoms with Crippen molar-refractivity contribution in [1.82, 2.24) is 0 Å². The summed E-state index contributed by atoms with van der Waals surface area (Å²) < 4.78 is 5.38. The molecule has 2 aliphatic heterocycles. The molecule has 0 aromatic heterocycles. The number of thioether (sulfide) groups is 1. The first-order chi connectivity index (χ1) is 5.83. The van der Waals surface area contributed by atoms with E-state index >= 15 is 0 Å². The Hall–Kier alpha value is 0.270. The normalized spacial score (nSPS) is 35.2. The molecule has 2 nitrogen and oxygen atoms in total. The van der Waals surface area contributed by atoms with Gasteiger partial charge < -0.3 is 10.5 Å². The van der Waals surface area contributed by atoms with Crippen LogP contribution in [-0.4, -0.2) is 30.8 Å². The van der Waals surface area contributed by atoms with Crippen molar-refractivity contribution in [3.05, 3.63) is 0 Å². The van der Waals surface area contributed by atoms with Gasteiger partial charge in [-0.15, -0.1) is 0 Å². The molecule has 1 spiro atoms. The summed E-state index contributed by atoms with van der Waals surface area (Å²) in [5.41, 5.74) is 6.61. The Morgan fingerprint density at radius 1 is 1.33 bits per heavy atom. The van der Waals surface area contributed by atoms with E-state index in [0.29, 0.717) is 11.5 Å². The average molecular weight is 187 g/mol. The SMILES string of the molecule is NC1CCSCC12CCOCC2. The fourth-order valence-corrected chi connectivity index (χ4v) is 3.67. The Balaban J connectivity index is 2.04. The van der Waals surface area contributed by atoms with Crippen LogP contribution in [0.2, 0.25) is 0 Å². The first kappa shape index (κ1) is 8.85. The second-order valence-corrected chi connectivity index (χ2v) is 5.03. The van der Waals surface area contributed by atoms with Crippen LogP contribution in [0.5, 0.6) is 0 Å². The average Bonchev–Trinajstić information content (AvgIpc) is 2.12. The highest BCUT2D eigenvalue weighted by molar-refractivity contribution is 7.99. The van der Waals surface area contributed by atoms with Crippen molar-refractivity contribution in [2.75, 3.05) is 24.7 Å². The quantitative estimate of drug-likeness (QED) is 0.620. The third kappa shape index (κ3) is 1.50. The van der Waals surface area contributed by atoms with Crippen LogP contribution in [0.3, 0.4) is 0 Å². The van der Waals surface area contributed by atoms with Gasteiger partial charge in [-0.1, -0.05) is 0 Å². The van der Waals surface area contributed by atoms with Crippen molar-refractivity contribution in [3.8, 4) is 0 Å². The van der Waals surface area contributed by atoms with Gasteiger partial charge in [0.15, 0.2) is 0 Å². The van der Waals surface area contributed by atoms with E-state index in [-0.39, 0.29) is 0 Å². The Kier molecular flexibility index (Phi) is 2.63. The highest BCUT2D eigenvalue weighted by Gasteiger charge is 2.40. The lowest BCUT2D eigenvalue weighted by molar-refractivity contribution is 0.0116. The van der Waals surface area contributed by atoms with E-state index in [0.717, 1.165) is 13.2 Å². The molecule has 0 amide bonds. The molecule has 1 atom stereocenters. The molecule has 0 saturated carbocycles. The standard InChI is InChI=1S/C9H17NOS/c10-8-1-6-12-7-9(8)2-4-11-5-3-9/h8H,1-7,10H2. The van der Waals surface area contributed by atoms with Gasteiger partial charge in [-0.25, -0.2) is 0 Å². The molecule has 2 N–H and O–H groups in total.